The highest BCUT2D eigenvalue weighted by molar-refractivity contribution is 5.45. The monoisotopic (exact) mass is 251 g/mol. The highest BCUT2D eigenvalue weighted by Gasteiger charge is 2.13. The molecule has 0 amide bonds. The molecule has 96 valence electrons. The molecule has 0 aliphatic carbocycles. The molecule has 0 aliphatic heterocycles. The van der Waals surface area contributed by atoms with Crippen molar-refractivity contribution in [2.75, 3.05) is 11.9 Å². The van der Waals surface area contributed by atoms with Gasteiger partial charge in [-0.15, -0.1) is 0 Å². The molecule has 0 saturated heterocycles. The number of anilines is 1. The van der Waals surface area contributed by atoms with E-state index in [1.165, 1.54) is 23.6 Å². The Morgan fingerprint density at radius 1 is 1.22 bits per heavy atom. The second-order valence-electron chi connectivity index (χ2n) is 4.16. The maximum atomic E-state index is 13.9. The Balaban J connectivity index is 2.57. The van der Waals surface area contributed by atoms with E-state index < -0.39 is 11.6 Å². The molecule has 0 fully saturated rings. The van der Waals surface area contributed by atoms with Crippen LogP contribution >= 0.6 is 0 Å². The predicted molar refractivity (Wildman–Crippen MR) is 67.1 cm³/mol. The van der Waals surface area contributed by atoms with Crippen LogP contribution in [-0.4, -0.2) is 16.1 Å². The van der Waals surface area contributed by atoms with E-state index in [-0.39, 0.29) is 11.3 Å². The lowest BCUT2D eigenvalue weighted by Crippen LogP contribution is -2.07. The topological polar surface area (TPSA) is 29.9 Å². The number of aromatic nitrogens is 2. The maximum Gasteiger partial charge on any atom is 0.207 e. The van der Waals surface area contributed by atoms with E-state index in [9.17, 15) is 8.78 Å². The number of halogens is 2. The molecule has 0 bridgehead atoms. The highest BCUT2D eigenvalue weighted by Crippen LogP contribution is 2.22. The predicted octanol–water partition coefficient (Wildman–Crippen LogP) is 3.20. The van der Waals surface area contributed by atoms with Crippen LogP contribution in [0.1, 0.15) is 18.2 Å². The van der Waals surface area contributed by atoms with Crippen LogP contribution in [0.5, 0.6) is 0 Å². The van der Waals surface area contributed by atoms with Crippen molar-refractivity contribution in [3.05, 3.63) is 41.2 Å². The summed E-state index contributed by atoms with van der Waals surface area (Å²) >= 11 is 0. The number of benzene rings is 1. The molecule has 0 saturated carbocycles. The molecular weight excluding hydrogens is 236 g/mol. The van der Waals surface area contributed by atoms with Gasteiger partial charge >= 0.3 is 0 Å². The van der Waals surface area contributed by atoms with Gasteiger partial charge in [0.15, 0.2) is 0 Å². The third-order valence-corrected chi connectivity index (χ3v) is 2.65. The highest BCUT2D eigenvalue weighted by atomic mass is 19.1. The molecule has 3 nitrogen and oxygen atoms in total. The van der Waals surface area contributed by atoms with Crippen LogP contribution < -0.4 is 5.32 Å². The number of imidazole rings is 1. The molecule has 1 heterocycles. The van der Waals surface area contributed by atoms with Crippen molar-refractivity contribution in [1.29, 1.82) is 0 Å². The summed E-state index contributed by atoms with van der Waals surface area (Å²) in [7, 11) is 0. The van der Waals surface area contributed by atoms with Crippen LogP contribution in [0.3, 0.4) is 0 Å². The van der Waals surface area contributed by atoms with Gasteiger partial charge in [-0.1, -0.05) is 0 Å². The molecule has 2 rings (SSSR count). The van der Waals surface area contributed by atoms with E-state index >= 15 is 0 Å². The number of hydrogen-bond acceptors (Lipinski definition) is 2. The van der Waals surface area contributed by atoms with Crippen molar-refractivity contribution in [2.45, 2.75) is 20.8 Å². The number of hydrogen-bond donors (Lipinski definition) is 1. The van der Waals surface area contributed by atoms with Crippen molar-refractivity contribution in [3.63, 3.8) is 0 Å². The van der Waals surface area contributed by atoms with Crippen LogP contribution in [0.25, 0.3) is 5.69 Å². The van der Waals surface area contributed by atoms with Gasteiger partial charge in [0, 0.05) is 18.8 Å². The van der Waals surface area contributed by atoms with E-state index in [1.807, 2.05) is 6.92 Å². The molecule has 2 aromatic rings. The fourth-order valence-electron chi connectivity index (χ4n) is 1.78. The Labute approximate surface area is 104 Å². The lowest BCUT2D eigenvalue weighted by molar-refractivity contribution is 0.586. The third-order valence-electron chi connectivity index (χ3n) is 2.65. The summed E-state index contributed by atoms with van der Waals surface area (Å²) < 4.78 is 29.0. The first-order chi connectivity index (χ1) is 8.52. The number of rotatable bonds is 3. The van der Waals surface area contributed by atoms with Crippen LogP contribution in [0.4, 0.5) is 14.7 Å². The largest absolute Gasteiger partial charge is 0.356 e. The van der Waals surface area contributed by atoms with E-state index in [1.54, 1.807) is 13.1 Å². The summed E-state index contributed by atoms with van der Waals surface area (Å²) in [5.74, 6) is -0.386. The zero-order valence-electron chi connectivity index (χ0n) is 10.6. The molecule has 0 aliphatic rings. The van der Waals surface area contributed by atoms with Crippen molar-refractivity contribution in [1.82, 2.24) is 9.55 Å². The summed E-state index contributed by atoms with van der Waals surface area (Å²) in [5, 5.41) is 3.02. The molecule has 0 radical (unpaired) electrons. The smallest absolute Gasteiger partial charge is 0.207 e. The number of nitrogens with zero attached hydrogens (tertiary/aromatic N) is 2. The third kappa shape index (κ3) is 2.20. The lowest BCUT2D eigenvalue weighted by atomic mass is 10.2. The van der Waals surface area contributed by atoms with E-state index in [2.05, 4.69) is 10.3 Å². The normalized spacial score (nSPS) is 10.7. The minimum atomic E-state index is -0.467. The Kier molecular flexibility index (Phi) is 3.32. The zero-order valence-corrected chi connectivity index (χ0v) is 10.6. The Morgan fingerprint density at radius 3 is 2.61 bits per heavy atom. The Bertz CT molecular complexity index is 576. The summed E-state index contributed by atoms with van der Waals surface area (Å²) in [6.45, 7) is 5.92. The minimum absolute atomic E-state index is 0.162. The van der Waals surface area contributed by atoms with Crippen LogP contribution in [0.15, 0.2) is 18.3 Å². The van der Waals surface area contributed by atoms with Gasteiger partial charge in [0.2, 0.25) is 5.95 Å². The van der Waals surface area contributed by atoms with Crippen LogP contribution in [0.2, 0.25) is 0 Å². The zero-order chi connectivity index (χ0) is 13.3. The maximum absolute atomic E-state index is 13.9. The molecule has 1 aromatic heterocycles. The van der Waals surface area contributed by atoms with Crippen LogP contribution in [-0.2, 0) is 0 Å². The summed E-state index contributed by atoms with van der Waals surface area (Å²) in [5.41, 5.74) is 1.19. The number of aryl methyl sites for hydroxylation is 2. The summed E-state index contributed by atoms with van der Waals surface area (Å²) in [6, 6.07) is 2.38. The van der Waals surface area contributed by atoms with E-state index in [4.69, 9.17) is 0 Å². The van der Waals surface area contributed by atoms with Crippen molar-refractivity contribution in [3.8, 4) is 5.69 Å². The summed E-state index contributed by atoms with van der Waals surface area (Å²) in [6.07, 6.45) is 1.67. The lowest BCUT2D eigenvalue weighted by Gasteiger charge is -2.10. The van der Waals surface area contributed by atoms with Gasteiger partial charge in [-0.25, -0.2) is 13.8 Å². The fourth-order valence-corrected chi connectivity index (χ4v) is 1.78. The van der Waals surface area contributed by atoms with Gasteiger partial charge in [0.1, 0.15) is 11.6 Å². The van der Waals surface area contributed by atoms with Gasteiger partial charge < -0.3 is 5.32 Å². The standard InChI is InChI=1S/C13H15F2N3/c1-4-16-13-17-9(3)7-18(13)12-6-10(14)8(2)5-11(12)15/h5-7H,4H2,1-3H3,(H,16,17). The van der Waals surface area contributed by atoms with Gasteiger partial charge in [-0.05, 0) is 32.4 Å². The van der Waals surface area contributed by atoms with E-state index in [0.717, 1.165) is 5.69 Å². The second-order valence-corrected chi connectivity index (χ2v) is 4.16. The SMILES string of the molecule is CCNc1nc(C)cn1-c1cc(F)c(C)cc1F. The average Bonchev–Trinajstić information content (AvgIpc) is 2.65. The average molecular weight is 251 g/mol. The Morgan fingerprint density at radius 2 is 1.94 bits per heavy atom. The molecule has 0 atom stereocenters. The van der Waals surface area contributed by atoms with Crippen molar-refractivity contribution < 1.29 is 8.78 Å². The molecule has 0 unspecified atom stereocenters. The molecule has 1 aromatic carbocycles. The molecule has 18 heavy (non-hydrogen) atoms. The van der Waals surface area contributed by atoms with Crippen molar-refractivity contribution in [2.24, 2.45) is 0 Å². The first kappa shape index (κ1) is 12.5. The first-order valence-electron chi connectivity index (χ1n) is 5.78. The molecule has 5 heteroatoms. The Hall–Kier alpha value is -1.91. The first-order valence-corrected chi connectivity index (χ1v) is 5.78. The van der Waals surface area contributed by atoms with Gasteiger partial charge in [-0.3, -0.25) is 4.57 Å². The van der Waals surface area contributed by atoms with Crippen molar-refractivity contribution >= 4 is 5.95 Å². The molecular formula is C13H15F2N3. The second kappa shape index (κ2) is 4.76. The molecule has 1 N–H and O–H groups in total. The van der Waals surface area contributed by atoms with Gasteiger partial charge in [-0.2, -0.15) is 0 Å². The summed E-state index contributed by atoms with van der Waals surface area (Å²) in [4.78, 5) is 4.23. The number of nitrogens with one attached hydrogen (secondary N) is 1. The minimum Gasteiger partial charge on any atom is -0.356 e. The van der Waals surface area contributed by atoms with Gasteiger partial charge in [0.05, 0.1) is 11.4 Å². The molecule has 0 spiro atoms. The fraction of sp³-hybridized carbons (Fsp3) is 0.308. The van der Waals surface area contributed by atoms with Crippen LogP contribution in [0, 0.1) is 25.5 Å². The quantitative estimate of drug-likeness (QED) is 0.907. The van der Waals surface area contributed by atoms with E-state index in [0.29, 0.717) is 12.5 Å². The van der Waals surface area contributed by atoms with Gasteiger partial charge in [0.25, 0.3) is 0 Å².